The normalized spacial score (nSPS) is 30.2. The Morgan fingerprint density at radius 2 is 2.00 bits per heavy atom. The van der Waals surface area contributed by atoms with Crippen molar-refractivity contribution in [3.8, 4) is 0 Å². The van der Waals surface area contributed by atoms with Crippen molar-refractivity contribution in [1.29, 1.82) is 0 Å². The van der Waals surface area contributed by atoms with Crippen LogP contribution in [0.25, 0.3) is 0 Å². The minimum atomic E-state index is 0.190. The molecule has 0 bridgehead atoms. The van der Waals surface area contributed by atoms with E-state index in [4.69, 9.17) is 0 Å². The molecule has 0 N–H and O–H groups in total. The smallest absolute Gasteiger partial charge is 0.220 e. The van der Waals surface area contributed by atoms with Gasteiger partial charge in [-0.25, -0.2) is 0 Å². The van der Waals surface area contributed by atoms with E-state index < -0.39 is 0 Å². The van der Waals surface area contributed by atoms with Crippen molar-refractivity contribution < 1.29 is 4.79 Å². The lowest BCUT2D eigenvalue weighted by Gasteiger charge is -2.31. The molecule has 1 heterocycles. The highest BCUT2D eigenvalue weighted by molar-refractivity contribution is 5.74. The first kappa shape index (κ1) is 10.5. The summed E-state index contributed by atoms with van der Waals surface area (Å²) in [6.45, 7) is 9.01. The van der Waals surface area contributed by atoms with Crippen molar-refractivity contribution in [3.05, 3.63) is 0 Å². The Labute approximate surface area is 80.7 Å². The van der Waals surface area contributed by atoms with Gasteiger partial charge in [0.25, 0.3) is 0 Å². The highest BCUT2D eigenvalue weighted by atomic mass is 16.2. The van der Waals surface area contributed by atoms with E-state index in [1.165, 1.54) is 0 Å². The largest absolute Gasteiger partial charge is 0.325 e. The average molecular weight is 184 g/mol. The molecule has 1 amide bonds. The molecule has 3 nitrogen and oxygen atoms in total. The summed E-state index contributed by atoms with van der Waals surface area (Å²) in [4.78, 5) is 15.6. The van der Waals surface area contributed by atoms with Crippen LogP contribution in [0.3, 0.4) is 0 Å². The number of carbonyl (C=O) groups excluding carboxylic acids is 1. The van der Waals surface area contributed by atoms with E-state index in [1.54, 1.807) is 6.92 Å². The molecule has 1 aliphatic heterocycles. The summed E-state index contributed by atoms with van der Waals surface area (Å²) in [6, 6.07) is 0.483. The van der Waals surface area contributed by atoms with Crippen LogP contribution in [0.5, 0.6) is 0 Å². The molecular weight excluding hydrogens is 164 g/mol. The molecule has 0 aromatic heterocycles. The molecule has 13 heavy (non-hydrogen) atoms. The Morgan fingerprint density at radius 1 is 1.46 bits per heavy atom. The number of rotatable bonds is 1. The second-order valence-electron chi connectivity index (χ2n) is 4.34. The zero-order chi connectivity index (χ0) is 10.2. The van der Waals surface area contributed by atoms with Gasteiger partial charge in [-0.3, -0.25) is 9.69 Å². The van der Waals surface area contributed by atoms with Gasteiger partial charge in [0.2, 0.25) is 5.91 Å². The zero-order valence-corrected chi connectivity index (χ0v) is 9.24. The Hall–Kier alpha value is -0.570. The summed E-state index contributed by atoms with van der Waals surface area (Å²) in [6.07, 6.45) is 0.285. The number of hydrogen-bond donors (Lipinski definition) is 0. The van der Waals surface area contributed by atoms with Crippen molar-refractivity contribution in [2.45, 2.75) is 39.9 Å². The summed E-state index contributed by atoms with van der Waals surface area (Å²) < 4.78 is 0. The van der Waals surface area contributed by atoms with Gasteiger partial charge in [-0.05, 0) is 19.9 Å². The van der Waals surface area contributed by atoms with Crippen LogP contribution in [0, 0.1) is 5.92 Å². The second kappa shape index (κ2) is 3.66. The third-order valence-electron chi connectivity index (χ3n) is 2.89. The Morgan fingerprint density at radius 3 is 2.31 bits per heavy atom. The summed E-state index contributed by atoms with van der Waals surface area (Å²) in [5.41, 5.74) is 0. The standard InChI is InChI=1S/C10H20N2O/c1-7(2)10-11(5)8(3)6-12(10)9(4)13/h7-8,10H,6H2,1-5H3/t8-,10?/m0/s1. The Balaban J connectivity index is 2.80. The number of amides is 1. The minimum Gasteiger partial charge on any atom is -0.325 e. The van der Waals surface area contributed by atoms with Crippen molar-refractivity contribution in [2.75, 3.05) is 13.6 Å². The third kappa shape index (κ3) is 1.85. The number of nitrogens with zero attached hydrogens (tertiary/aromatic N) is 2. The highest BCUT2D eigenvalue weighted by Gasteiger charge is 2.37. The molecular formula is C10H20N2O. The number of carbonyl (C=O) groups is 1. The molecule has 0 radical (unpaired) electrons. The average Bonchev–Trinajstić information content (AvgIpc) is 2.28. The summed E-state index contributed by atoms with van der Waals surface area (Å²) >= 11 is 0. The predicted octanol–water partition coefficient (Wildman–Crippen LogP) is 1.15. The van der Waals surface area contributed by atoms with Gasteiger partial charge < -0.3 is 4.90 Å². The van der Waals surface area contributed by atoms with E-state index in [0.29, 0.717) is 12.0 Å². The van der Waals surface area contributed by atoms with E-state index >= 15 is 0 Å². The quantitative estimate of drug-likeness (QED) is 0.610. The van der Waals surface area contributed by atoms with Gasteiger partial charge in [0.15, 0.2) is 0 Å². The molecule has 0 saturated carbocycles. The van der Waals surface area contributed by atoms with Gasteiger partial charge in [0.05, 0.1) is 6.17 Å². The van der Waals surface area contributed by atoms with Crippen molar-refractivity contribution in [1.82, 2.24) is 9.80 Å². The Kier molecular flexibility index (Phi) is 2.96. The maximum Gasteiger partial charge on any atom is 0.220 e. The molecule has 3 heteroatoms. The van der Waals surface area contributed by atoms with E-state index in [9.17, 15) is 4.79 Å². The van der Waals surface area contributed by atoms with E-state index in [1.807, 2.05) is 4.90 Å². The fraction of sp³-hybridized carbons (Fsp3) is 0.900. The van der Waals surface area contributed by atoms with Crippen LogP contribution in [0.15, 0.2) is 0 Å². The molecule has 0 spiro atoms. The topological polar surface area (TPSA) is 23.6 Å². The monoisotopic (exact) mass is 184 g/mol. The number of likely N-dealkylation sites (N-methyl/N-ethyl adjacent to an activating group) is 1. The minimum absolute atomic E-state index is 0.190. The second-order valence-corrected chi connectivity index (χ2v) is 4.34. The molecule has 0 aromatic carbocycles. The summed E-state index contributed by atoms with van der Waals surface area (Å²) in [5.74, 6) is 0.689. The summed E-state index contributed by atoms with van der Waals surface area (Å²) in [7, 11) is 2.10. The first-order chi connectivity index (χ1) is 5.95. The lowest BCUT2D eigenvalue weighted by atomic mass is 10.1. The van der Waals surface area contributed by atoms with E-state index in [-0.39, 0.29) is 12.1 Å². The lowest BCUT2D eigenvalue weighted by Crippen LogP contribution is -2.43. The third-order valence-corrected chi connectivity index (χ3v) is 2.89. The van der Waals surface area contributed by atoms with Crippen LogP contribution in [-0.2, 0) is 4.79 Å². The molecule has 2 atom stereocenters. The van der Waals surface area contributed by atoms with Gasteiger partial charge >= 0.3 is 0 Å². The molecule has 0 aromatic rings. The maximum absolute atomic E-state index is 11.4. The molecule has 1 unspecified atom stereocenters. The van der Waals surface area contributed by atoms with Gasteiger partial charge in [-0.15, -0.1) is 0 Å². The van der Waals surface area contributed by atoms with Crippen LogP contribution in [0.4, 0.5) is 0 Å². The van der Waals surface area contributed by atoms with Crippen LogP contribution in [0.2, 0.25) is 0 Å². The van der Waals surface area contributed by atoms with Crippen molar-refractivity contribution in [2.24, 2.45) is 5.92 Å². The first-order valence-electron chi connectivity index (χ1n) is 4.94. The lowest BCUT2D eigenvalue weighted by molar-refractivity contribution is -0.132. The van der Waals surface area contributed by atoms with Gasteiger partial charge in [0, 0.05) is 19.5 Å². The van der Waals surface area contributed by atoms with Gasteiger partial charge in [0.1, 0.15) is 0 Å². The molecule has 1 fully saturated rings. The maximum atomic E-state index is 11.4. The van der Waals surface area contributed by atoms with E-state index in [0.717, 1.165) is 6.54 Å². The SMILES string of the molecule is CC(=O)N1C[C@H](C)N(C)C1C(C)C. The molecule has 76 valence electrons. The van der Waals surface area contributed by atoms with Gasteiger partial charge in [-0.2, -0.15) is 0 Å². The Bertz CT molecular complexity index is 203. The zero-order valence-electron chi connectivity index (χ0n) is 9.24. The first-order valence-corrected chi connectivity index (χ1v) is 4.94. The van der Waals surface area contributed by atoms with Crippen molar-refractivity contribution in [3.63, 3.8) is 0 Å². The van der Waals surface area contributed by atoms with Crippen LogP contribution in [-0.4, -0.2) is 41.5 Å². The molecule has 1 saturated heterocycles. The highest BCUT2D eigenvalue weighted by Crippen LogP contribution is 2.24. The van der Waals surface area contributed by atoms with Crippen molar-refractivity contribution >= 4 is 5.91 Å². The summed E-state index contributed by atoms with van der Waals surface area (Å²) in [5, 5.41) is 0. The molecule has 1 aliphatic rings. The fourth-order valence-corrected chi connectivity index (χ4v) is 2.15. The van der Waals surface area contributed by atoms with E-state index in [2.05, 4.69) is 32.7 Å². The van der Waals surface area contributed by atoms with Gasteiger partial charge in [-0.1, -0.05) is 13.8 Å². The molecule has 0 aliphatic carbocycles. The number of hydrogen-bond acceptors (Lipinski definition) is 2. The van der Waals surface area contributed by atoms with Crippen LogP contribution < -0.4 is 0 Å². The molecule has 1 rings (SSSR count). The fourth-order valence-electron chi connectivity index (χ4n) is 2.15. The predicted molar refractivity (Wildman–Crippen MR) is 53.2 cm³/mol. The van der Waals surface area contributed by atoms with Crippen LogP contribution in [0.1, 0.15) is 27.7 Å². The van der Waals surface area contributed by atoms with Crippen LogP contribution >= 0.6 is 0 Å².